The molecular formula is C11H16N4. The number of nitrogens with one attached hydrogen (secondary N) is 2. The smallest absolute Gasteiger partial charge is 0.102 e. The fraction of sp³-hybridized carbons (Fsp3) is 0.545. The van der Waals surface area contributed by atoms with E-state index in [1.807, 2.05) is 6.20 Å². The van der Waals surface area contributed by atoms with Crippen LogP contribution in [-0.4, -0.2) is 41.8 Å². The maximum absolute atomic E-state index is 4.32. The lowest BCUT2D eigenvalue weighted by Crippen LogP contribution is -2.37. The van der Waals surface area contributed by atoms with Gasteiger partial charge in [0.1, 0.15) is 6.17 Å². The Bertz CT molecular complexity index is 343. The number of hydrogen-bond acceptors (Lipinski definition) is 3. The van der Waals surface area contributed by atoms with Gasteiger partial charge in [-0.3, -0.25) is 15.2 Å². The Labute approximate surface area is 89.4 Å². The van der Waals surface area contributed by atoms with Crippen LogP contribution in [0.4, 0.5) is 0 Å². The molecule has 1 aromatic rings. The molecule has 4 nitrogen and oxygen atoms in total. The minimum Gasteiger partial charge on any atom is -0.363 e. The molecule has 1 aromatic heterocycles. The van der Waals surface area contributed by atoms with Gasteiger partial charge in [-0.2, -0.15) is 0 Å². The number of hydrogen-bond donors (Lipinski definition) is 2. The summed E-state index contributed by atoms with van der Waals surface area (Å²) in [5.41, 5.74) is 1.26. The van der Waals surface area contributed by atoms with Gasteiger partial charge in [0.15, 0.2) is 0 Å². The van der Waals surface area contributed by atoms with Gasteiger partial charge in [0, 0.05) is 43.8 Å². The van der Waals surface area contributed by atoms with E-state index < -0.39 is 0 Å². The molecule has 2 atom stereocenters. The average molecular weight is 204 g/mol. The summed E-state index contributed by atoms with van der Waals surface area (Å²) in [5, 5.41) is 3.52. The Morgan fingerprint density at radius 1 is 1.47 bits per heavy atom. The highest BCUT2D eigenvalue weighted by atomic mass is 15.4. The zero-order valence-corrected chi connectivity index (χ0v) is 8.69. The van der Waals surface area contributed by atoms with Crippen LogP contribution in [0.25, 0.3) is 0 Å². The third kappa shape index (κ3) is 1.60. The summed E-state index contributed by atoms with van der Waals surface area (Å²) in [6, 6.07) is 4.71. The summed E-state index contributed by atoms with van der Waals surface area (Å²) < 4.78 is 0. The topological polar surface area (TPSA) is 43.4 Å². The molecule has 80 valence electrons. The van der Waals surface area contributed by atoms with Crippen molar-refractivity contribution in [2.45, 2.75) is 18.6 Å². The molecular weight excluding hydrogens is 188 g/mol. The number of nitrogens with zero attached hydrogens (tertiary/aromatic N) is 2. The minimum absolute atomic E-state index is 0.342. The van der Waals surface area contributed by atoms with Crippen molar-refractivity contribution in [2.24, 2.45) is 4.99 Å². The summed E-state index contributed by atoms with van der Waals surface area (Å²) in [6.45, 7) is 3.16. The SMILES string of the molecule is C1=NCCC1N1CCNC1c1ccc[nH]1. The van der Waals surface area contributed by atoms with Crippen LogP contribution in [0.3, 0.4) is 0 Å². The second-order valence-electron chi connectivity index (χ2n) is 4.13. The van der Waals surface area contributed by atoms with E-state index in [1.54, 1.807) is 0 Å². The van der Waals surface area contributed by atoms with Crippen molar-refractivity contribution in [2.75, 3.05) is 19.6 Å². The fourth-order valence-corrected chi connectivity index (χ4v) is 2.47. The second kappa shape index (κ2) is 3.79. The van der Waals surface area contributed by atoms with Crippen LogP contribution < -0.4 is 5.32 Å². The quantitative estimate of drug-likeness (QED) is 0.747. The van der Waals surface area contributed by atoms with E-state index in [4.69, 9.17) is 0 Å². The maximum Gasteiger partial charge on any atom is 0.102 e. The first kappa shape index (κ1) is 9.12. The fourth-order valence-electron chi connectivity index (χ4n) is 2.47. The van der Waals surface area contributed by atoms with Crippen molar-refractivity contribution in [3.05, 3.63) is 24.0 Å². The second-order valence-corrected chi connectivity index (χ2v) is 4.13. The van der Waals surface area contributed by atoms with Gasteiger partial charge < -0.3 is 4.98 Å². The van der Waals surface area contributed by atoms with Crippen LogP contribution in [-0.2, 0) is 0 Å². The molecule has 4 heteroatoms. The predicted molar refractivity (Wildman–Crippen MR) is 60.0 cm³/mol. The third-order valence-corrected chi connectivity index (χ3v) is 3.21. The van der Waals surface area contributed by atoms with Crippen LogP contribution >= 0.6 is 0 Å². The van der Waals surface area contributed by atoms with Gasteiger partial charge in [-0.25, -0.2) is 0 Å². The van der Waals surface area contributed by atoms with Gasteiger partial charge >= 0.3 is 0 Å². The first-order valence-electron chi connectivity index (χ1n) is 5.57. The molecule has 0 saturated carbocycles. The van der Waals surface area contributed by atoms with Crippen molar-refractivity contribution >= 4 is 6.21 Å². The Morgan fingerprint density at radius 3 is 3.20 bits per heavy atom. The summed E-state index contributed by atoms with van der Waals surface area (Å²) in [6.07, 6.45) is 5.59. The Hall–Kier alpha value is -1.13. The molecule has 2 unspecified atom stereocenters. The molecule has 2 aliphatic rings. The van der Waals surface area contributed by atoms with Crippen LogP contribution in [0, 0.1) is 0 Å². The lowest BCUT2D eigenvalue weighted by atomic mass is 10.2. The molecule has 2 aliphatic heterocycles. The van der Waals surface area contributed by atoms with Crippen LogP contribution in [0.2, 0.25) is 0 Å². The lowest BCUT2D eigenvalue weighted by Gasteiger charge is -2.27. The average Bonchev–Trinajstić information content (AvgIpc) is 3.01. The number of aliphatic imine (C=N–C) groups is 1. The van der Waals surface area contributed by atoms with Gasteiger partial charge in [0.05, 0.1) is 0 Å². The number of rotatable bonds is 2. The first-order valence-corrected chi connectivity index (χ1v) is 5.57. The minimum atomic E-state index is 0.342. The van der Waals surface area contributed by atoms with Gasteiger partial charge in [-0.15, -0.1) is 0 Å². The van der Waals surface area contributed by atoms with Crippen LogP contribution in [0.5, 0.6) is 0 Å². The highest BCUT2D eigenvalue weighted by Crippen LogP contribution is 2.24. The molecule has 0 radical (unpaired) electrons. The van der Waals surface area contributed by atoms with Gasteiger partial charge in [0.2, 0.25) is 0 Å². The van der Waals surface area contributed by atoms with Crippen molar-refractivity contribution in [3.63, 3.8) is 0 Å². The molecule has 2 N–H and O–H groups in total. The number of aromatic amines is 1. The van der Waals surface area contributed by atoms with E-state index in [2.05, 4.69) is 38.5 Å². The zero-order chi connectivity index (χ0) is 10.1. The normalized spacial score (nSPS) is 31.5. The molecule has 3 heterocycles. The van der Waals surface area contributed by atoms with Gasteiger partial charge in [0.25, 0.3) is 0 Å². The van der Waals surface area contributed by atoms with Crippen molar-refractivity contribution in [1.82, 2.24) is 15.2 Å². The Balaban J connectivity index is 1.80. The third-order valence-electron chi connectivity index (χ3n) is 3.21. The molecule has 0 amide bonds. The van der Waals surface area contributed by atoms with Crippen LogP contribution in [0.1, 0.15) is 18.3 Å². The van der Waals surface area contributed by atoms with E-state index in [9.17, 15) is 0 Å². The maximum atomic E-state index is 4.32. The number of aromatic nitrogens is 1. The molecule has 0 bridgehead atoms. The van der Waals surface area contributed by atoms with E-state index >= 15 is 0 Å². The standard InChI is InChI=1S/C11H16N4/c1-2-10(13-4-1)11-14-6-7-15(11)9-3-5-12-8-9/h1-2,4,8-9,11,13-14H,3,5-7H2. The van der Waals surface area contributed by atoms with Gasteiger partial charge in [-0.05, 0) is 18.6 Å². The zero-order valence-electron chi connectivity index (χ0n) is 8.69. The summed E-state index contributed by atoms with van der Waals surface area (Å²) in [7, 11) is 0. The monoisotopic (exact) mass is 204 g/mol. The van der Waals surface area contributed by atoms with Crippen molar-refractivity contribution in [3.8, 4) is 0 Å². The van der Waals surface area contributed by atoms with E-state index in [-0.39, 0.29) is 0 Å². The van der Waals surface area contributed by atoms with Gasteiger partial charge in [-0.1, -0.05) is 0 Å². The molecule has 0 aromatic carbocycles. The molecule has 0 aliphatic carbocycles. The van der Waals surface area contributed by atoms with E-state index in [0.29, 0.717) is 12.2 Å². The summed E-state index contributed by atoms with van der Waals surface area (Å²) in [5.74, 6) is 0. The highest BCUT2D eigenvalue weighted by Gasteiger charge is 2.31. The Kier molecular flexibility index (Phi) is 2.31. The molecule has 15 heavy (non-hydrogen) atoms. The van der Waals surface area contributed by atoms with E-state index in [1.165, 1.54) is 12.1 Å². The van der Waals surface area contributed by atoms with Crippen molar-refractivity contribution < 1.29 is 0 Å². The van der Waals surface area contributed by atoms with Crippen LogP contribution in [0.15, 0.2) is 23.3 Å². The largest absolute Gasteiger partial charge is 0.363 e. The summed E-state index contributed by atoms with van der Waals surface area (Å²) in [4.78, 5) is 10.1. The number of H-pyrrole nitrogens is 1. The first-order chi connectivity index (χ1) is 7.45. The molecule has 3 rings (SSSR count). The Morgan fingerprint density at radius 2 is 2.47 bits per heavy atom. The summed E-state index contributed by atoms with van der Waals surface area (Å²) >= 11 is 0. The van der Waals surface area contributed by atoms with E-state index in [0.717, 1.165) is 19.6 Å². The predicted octanol–water partition coefficient (Wildman–Crippen LogP) is 0.762. The van der Waals surface area contributed by atoms with Crippen molar-refractivity contribution in [1.29, 1.82) is 0 Å². The molecule has 0 spiro atoms. The molecule has 1 saturated heterocycles. The lowest BCUT2D eigenvalue weighted by molar-refractivity contribution is 0.213. The molecule has 1 fully saturated rings. The highest BCUT2D eigenvalue weighted by molar-refractivity contribution is 5.66.